The molecular formula is C20H23NO4S. The minimum absolute atomic E-state index is 0.0679. The number of nitrogens with zero attached hydrogens (tertiary/aromatic N) is 1. The van der Waals surface area contributed by atoms with Crippen LogP contribution in [0.1, 0.15) is 28.1 Å². The third-order valence-corrected chi connectivity index (χ3v) is 5.75. The van der Waals surface area contributed by atoms with E-state index in [2.05, 4.69) is 0 Å². The number of hydrogen-bond donors (Lipinski definition) is 0. The van der Waals surface area contributed by atoms with Gasteiger partial charge in [-0.3, -0.25) is 4.79 Å². The number of likely N-dealkylation sites (tertiary alicyclic amines) is 1. The fourth-order valence-electron chi connectivity index (χ4n) is 3.47. The van der Waals surface area contributed by atoms with Crippen LogP contribution in [0.3, 0.4) is 0 Å². The summed E-state index contributed by atoms with van der Waals surface area (Å²) in [6.07, 6.45) is 1.76. The van der Waals surface area contributed by atoms with Gasteiger partial charge in [0.25, 0.3) is 5.91 Å². The number of benzene rings is 1. The molecule has 1 aromatic heterocycles. The molecule has 0 aliphatic carbocycles. The van der Waals surface area contributed by atoms with Crippen molar-refractivity contribution in [3.63, 3.8) is 0 Å². The molecule has 2 saturated heterocycles. The summed E-state index contributed by atoms with van der Waals surface area (Å²) in [7, 11) is 0. The Morgan fingerprint density at radius 1 is 1.15 bits per heavy atom. The molecule has 2 fully saturated rings. The topological polar surface area (TPSA) is 48.0 Å². The molecule has 2 aliphatic rings. The summed E-state index contributed by atoms with van der Waals surface area (Å²) in [4.78, 5) is 15.9. The molecular weight excluding hydrogens is 350 g/mol. The van der Waals surface area contributed by atoms with Gasteiger partial charge in [0.15, 0.2) is 6.29 Å². The summed E-state index contributed by atoms with van der Waals surface area (Å²) >= 11 is 1.67. The highest BCUT2D eigenvalue weighted by atomic mass is 32.1. The second kappa shape index (κ2) is 8.20. The molecule has 3 heterocycles. The number of hydrogen-bond acceptors (Lipinski definition) is 5. The standard InChI is InChI=1S/C20H23NO4S/c22-19(21-8-6-15(7-9-21)20-23-10-11-24-20)16-3-1-4-17(13-16)25-14-18-5-2-12-26-18/h1-5,12-13,15,20H,6-11,14H2. The predicted octanol–water partition coefficient (Wildman–Crippen LogP) is 3.55. The van der Waals surface area contributed by atoms with Gasteiger partial charge in [-0.05, 0) is 42.5 Å². The minimum atomic E-state index is -0.0822. The van der Waals surface area contributed by atoms with Crippen LogP contribution < -0.4 is 4.74 Å². The number of ether oxygens (including phenoxy) is 3. The first-order valence-electron chi connectivity index (χ1n) is 9.07. The van der Waals surface area contributed by atoms with Crippen LogP contribution in [0, 0.1) is 5.92 Å². The van der Waals surface area contributed by atoms with Gasteiger partial charge >= 0.3 is 0 Å². The highest BCUT2D eigenvalue weighted by Gasteiger charge is 2.32. The van der Waals surface area contributed by atoms with Crippen molar-refractivity contribution < 1.29 is 19.0 Å². The number of amides is 1. The molecule has 2 aliphatic heterocycles. The molecule has 1 aromatic carbocycles. The van der Waals surface area contributed by atoms with E-state index in [9.17, 15) is 4.79 Å². The van der Waals surface area contributed by atoms with E-state index in [4.69, 9.17) is 14.2 Å². The second-order valence-corrected chi connectivity index (χ2v) is 7.67. The molecule has 4 rings (SSSR count). The monoisotopic (exact) mass is 373 g/mol. The first-order valence-corrected chi connectivity index (χ1v) is 9.95. The fraction of sp³-hybridized carbons (Fsp3) is 0.450. The number of piperidine rings is 1. The van der Waals surface area contributed by atoms with Crippen LogP contribution in [0.15, 0.2) is 41.8 Å². The molecule has 0 N–H and O–H groups in total. The summed E-state index contributed by atoms with van der Waals surface area (Å²) in [5, 5.41) is 2.03. The molecule has 0 atom stereocenters. The van der Waals surface area contributed by atoms with Crippen LogP contribution in [-0.4, -0.2) is 43.4 Å². The average molecular weight is 373 g/mol. The van der Waals surface area contributed by atoms with Crippen LogP contribution in [0.4, 0.5) is 0 Å². The highest BCUT2D eigenvalue weighted by Crippen LogP contribution is 2.27. The van der Waals surface area contributed by atoms with Crippen molar-refractivity contribution in [1.82, 2.24) is 4.90 Å². The Balaban J connectivity index is 1.33. The normalized spacial score (nSPS) is 19.0. The van der Waals surface area contributed by atoms with Gasteiger partial charge in [0.05, 0.1) is 13.2 Å². The Kier molecular flexibility index (Phi) is 5.53. The van der Waals surface area contributed by atoms with E-state index < -0.39 is 0 Å². The smallest absolute Gasteiger partial charge is 0.253 e. The molecule has 0 bridgehead atoms. The van der Waals surface area contributed by atoms with Gasteiger partial charge in [0.2, 0.25) is 0 Å². The number of thiophene rings is 1. The SMILES string of the molecule is O=C(c1cccc(OCc2cccs2)c1)N1CCC(C2OCCO2)CC1. The maximum atomic E-state index is 12.8. The third kappa shape index (κ3) is 4.09. The first-order chi connectivity index (χ1) is 12.8. The van der Waals surface area contributed by atoms with Crippen molar-refractivity contribution in [3.05, 3.63) is 52.2 Å². The van der Waals surface area contributed by atoms with E-state index in [0.29, 0.717) is 31.3 Å². The number of rotatable bonds is 5. The lowest BCUT2D eigenvalue weighted by molar-refractivity contribution is -0.0956. The lowest BCUT2D eigenvalue weighted by Gasteiger charge is -2.33. The molecule has 0 saturated carbocycles. The van der Waals surface area contributed by atoms with Gasteiger partial charge in [-0.25, -0.2) is 0 Å². The molecule has 1 amide bonds. The number of carbonyl (C=O) groups excluding carboxylic acids is 1. The predicted molar refractivity (Wildman–Crippen MR) is 99.4 cm³/mol. The summed E-state index contributed by atoms with van der Waals surface area (Å²) in [6.45, 7) is 3.38. The molecule has 138 valence electrons. The van der Waals surface area contributed by atoms with Crippen LogP contribution >= 0.6 is 11.3 Å². The van der Waals surface area contributed by atoms with Crippen molar-refractivity contribution in [3.8, 4) is 5.75 Å². The maximum absolute atomic E-state index is 12.8. The zero-order valence-corrected chi connectivity index (χ0v) is 15.5. The van der Waals surface area contributed by atoms with Crippen molar-refractivity contribution in [2.75, 3.05) is 26.3 Å². The molecule has 26 heavy (non-hydrogen) atoms. The van der Waals surface area contributed by atoms with Crippen molar-refractivity contribution >= 4 is 17.2 Å². The Bertz CT molecular complexity index is 719. The van der Waals surface area contributed by atoms with Gasteiger partial charge in [0.1, 0.15) is 12.4 Å². The van der Waals surface area contributed by atoms with E-state index in [1.54, 1.807) is 11.3 Å². The van der Waals surface area contributed by atoms with E-state index in [-0.39, 0.29) is 12.2 Å². The summed E-state index contributed by atoms with van der Waals surface area (Å²) < 4.78 is 17.0. The Morgan fingerprint density at radius 3 is 2.69 bits per heavy atom. The quantitative estimate of drug-likeness (QED) is 0.804. The minimum Gasteiger partial charge on any atom is -0.488 e. The lowest BCUT2D eigenvalue weighted by Crippen LogP contribution is -2.41. The molecule has 0 spiro atoms. The molecule has 5 nitrogen and oxygen atoms in total. The maximum Gasteiger partial charge on any atom is 0.253 e. The fourth-order valence-corrected chi connectivity index (χ4v) is 4.09. The van der Waals surface area contributed by atoms with Gasteiger partial charge in [-0.1, -0.05) is 12.1 Å². The van der Waals surface area contributed by atoms with Crippen molar-refractivity contribution in [1.29, 1.82) is 0 Å². The first kappa shape index (κ1) is 17.5. The molecule has 0 unspecified atom stereocenters. The van der Waals surface area contributed by atoms with E-state index in [1.165, 1.54) is 4.88 Å². The van der Waals surface area contributed by atoms with Gasteiger partial charge in [-0.15, -0.1) is 11.3 Å². The van der Waals surface area contributed by atoms with Gasteiger partial charge in [-0.2, -0.15) is 0 Å². The van der Waals surface area contributed by atoms with Crippen LogP contribution in [-0.2, 0) is 16.1 Å². The van der Waals surface area contributed by atoms with Crippen molar-refractivity contribution in [2.45, 2.75) is 25.7 Å². The van der Waals surface area contributed by atoms with E-state index >= 15 is 0 Å². The lowest BCUT2D eigenvalue weighted by atomic mass is 9.95. The molecule has 0 radical (unpaired) electrons. The van der Waals surface area contributed by atoms with Crippen LogP contribution in [0.5, 0.6) is 5.75 Å². The highest BCUT2D eigenvalue weighted by molar-refractivity contribution is 7.09. The van der Waals surface area contributed by atoms with E-state index in [1.807, 2.05) is 46.7 Å². The van der Waals surface area contributed by atoms with Gasteiger partial charge in [0, 0.05) is 29.4 Å². The zero-order chi connectivity index (χ0) is 17.8. The number of carbonyl (C=O) groups is 1. The summed E-state index contributed by atoms with van der Waals surface area (Å²) in [5.41, 5.74) is 0.681. The van der Waals surface area contributed by atoms with Crippen LogP contribution in [0.2, 0.25) is 0 Å². The average Bonchev–Trinajstić information content (AvgIpc) is 3.40. The Morgan fingerprint density at radius 2 is 1.96 bits per heavy atom. The third-order valence-electron chi connectivity index (χ3n) is 4.90. The summed E-state index contributed by atoms with van der Waals surface area (Å²) in [5.74, 6) is 1.19. The van der Waals surface area contributed by atoms with E-state index in [0.717, 1.165) is 31.7 Å². The second-order valence-electron chi connectivity index (χ2n) is 6.64. The summed E-state index contributed by atoms with van der Waals surface area (Å²) in [6, 6.07) is 11.5. The van der Waals surface area contributed by atoms with Crippen molar-refractivity contribution in [2.24, 2.45) is 5.92 Å². The Labute approximate surface area is 157 Å². The largest absolute Gasteiger partial charge is 0.488 e. The zero-order valence-electron chi connectivity index (χ0n) is 14.6. The van der Waals surface area contributed by atoms with Crippen LogP contribution in [0.25, 0.3) is 0 Å². The molecule has 6 heteroatoms. The molecule has 2 aromatic rings. The van der Waals surface area contributed by atoms with Gasteiger partial charge < -0.3 is 19.1 Å². The Hall–Kier alpha value is -1.89.